The molecule has 0 aromatic heterocycles. The molecule has 0 aliphatic rings. The van der Waals surface area contributed by atoms with E-state index in [9.17, 15) is 14.4 Å². The van der Waals surface area contributed by atoms with Crippen LogP contribution in [0.5, 0.6) is 0 Å². The molecule has 0 fully saturated rings. The zero-order valence-electron chi connectivity index (χ0n) is 15.5. The molecule has 0 unspecified atom stereocenters. The molecule has 1 aromatic carbocycles. The fourth-order valence-electron chi connectivity index (χ4n) is 1.92. The molecule has 27 heavy (non-hydrogen) atoms. The van der Waals surface area contributed by atoms with Crippen LogP contribution in [0.3, 0.4) is 0 Å². The SMILES string of the molecule is CCCNC(=O)c1ccc(NC(=S)NC(=O)CCC(=O)OCCOC)cc1. The van der Waals surface area contributed by atoms with E-state index in [1.807, 2.05) is 6.92 Å². The lowest BCUT2D eigenvalue weighted by Gasteiger charge is -2.10. The Balaban J connectivity index is 2.35. The van der Waals surface area contributed by atoms with Gasteiger partial charge in [0.2, 0.25) is 5.91 Å². The number of amides is 2. The molecule has 1 rings (SSSR count). The van der Waals surface area contributed by atoms with Gasteiger partial charge in [0, 0.05) is 31.3 Å². The molecule has 0 aliphatic heterocycles. The third-order valence-corrected chi connectivity index (χ3v) is 3.50. The number of hydrogen-bond donors (Lipinski definition) is 3. The summed E-state index contributed by atoms with van der Waals surface area (Å²) in [4.78, 5) is 35.0. The van der Waals surface area contributed by atoms with E-state index in [2.05, 4.69) is 16.0 Å². The van der Waals surface area contributed by atoms with E-state index in [0.717, 1.165) is 6.42 Å². The summed E-state index contributed by atoms with van der Waals surface area (Å²) >= 11 is 5.06. The monoisotopic (exact) mass is 395 g/mol. The van der Waals surface area contributed by atoms with Crippen molar-refractivity contribution in [1.29, 1.82) is 0 Å². The average Bonchev–Trinajstić information content (AvgIpc) is 2.65. The Bertz CT molecular complexity index is 649. The smallest absolute Gasteiger partial charge is 0.306 e. The van der Waals surface area contributed by atoms with Crippen molar-refractivity contribution in [1.82, 2.24) is 10.6 Å². The van der Waals surface area contributed by atoms with Crippen LogP contribution in [0.1, 0.15) is 36.5 Å². The van der Waals surface area contributed by atoms with Gasteiger partial charge in [-0.15, -0.1) is 0 Å². The van der Waals surface area contributed by atoms with Crippen molar-refractivity contribution in [3.8, 4) is 0 Å². The molecule has 0 bridgehead atoms. The first kappa shape index (κ1) is 22.5. The van der Waals surface area contributed by atoms with Crippen molar-refractivity contribution in [2.75, 3.05) is 32.2 Å². The summed E-state index contributed by atoms with van der Waals surface area (Å²) in [6, 6.07) is 6.69. The number of hydrogen-bond acceptors (Lipinski definition) is 6. The van der Waals surface area contributed by atoms with Crippen molar-refractivity contribution >= 4 is 40.8 Å². The van der Waals surface area contributed by atoms with E-state index in [4.69, 9.17) is 21.7 Å². The molecule has 0 radical (unpaired) electrons. The second-order valence-corrected chi connectivity index (χ2v) is 5.96. The minimum Gasteiger partial charge on any atom is -0.463 e. The van der Waals surface area contributed by atoms with E-state index >= 15 is 0 Å². The van der Waals surface area contributed by atoms with Crippen LogP contribution in [0.15, 0.2) is 24.3 Å². The predicted octanol–water partition coefficient (Wildman–Crippen LogP) is 1.61. The highest BCUT2D eigenvalue weighted by Gasteiger charge is 2.10. The lowest BCUT2D eigenvalue weighted by atomic mass is 10.2. The molecule has 3 N–H and O–H groups in total. The number of esters is 1. The highest BCUT2D eigenvalue weighted by molar-refractivity contribution is 7.80. The van der Waals surface area contributed by atoms with Gasteiger partial charge in [0.1, 0.15) is 6.61 Å². The molecule has 0 saturated carbocycles. The Labute approximate surface area is 164 Å². The highest BCUT2D eigenvalue weighted by Crippen LogP contribution is 2.09. The molecule has 1 aromatic rings. The van der Waals surface area contributed by atoms with E-state index in [1.165, 1.54) is 7.11 Å². The van der Waals surface area contributed by atoms with Crippen LogP contribution in [0.25, 0.3) is 0 Å². The maximum Gasteiger partial charge on any atom is 0.306 e. The Hall–Kier alpha value is -2.52. The standard InChI is InChI=1S/C18H25N3O5S/c1-3-10-19-17(24)13-4-6-14(7-5-13)20-18(27)21-15(22)8-9-16(23)26-12-11-25-2/h4-7H,3,8-12H2,1-2H3,(H,19,24)(H2,20,21,22,27). The van der Waals surface area contributed by atoms with Crippen LogP contribution in [0.2, 0.25) is 0 Å². The second kappa shape index (κ2) is 12.8. The third-order valence-electron chi connectivity index (χ3n) is 3.30. The first-order valence-electron chi connectivity index (χ1n) is 8.60. The number of methoxy groups -OCH3 is 1. The summed E-state index contributed by atoms with van der Waals surface area (Å²) in [7, 11) is 1.50. The van der Waals surface area contributed by atoms with Gasteiger partial charge in [-0.2, -0.15) is 0 Å². The fourth-order valence-corrected chi connectivity index (χ4v) is 2.16. The van der Waals surface area contributed by atoms with Gasteiger partial charge in [-0.1, -0.05) is 6.92 Å². The average molecular weight is 395 g/mol. The van der Waals surface area contributed by atoms with Gasteiger partial charge in [0.05, 0.1) is 13.0 Å². The van der Waals surface area contributed by atoms with Crippen molar-refractivity contribution in [2.45, 2.75) is 26.2 Å². The molecule has 2 amide bonds. The number of anilines is 1. The van der Waals surface area contributed by atoms with Crippen molar-refractivity contribution in [3.05, 3.63) is 29.8 Å². The molecule has 8 nitrogen and oxygen atoms in total. The number of ether oxygens (including phenoxy) is 2. The quantitative estimate of drug-likeness (QED) is 0.314. The van der Waals surface area contributed by atoms with Crippen molar-refractivity contribution in [3.63, 3.8) is 0 Å². The first-order valence-corrected chi connectivity index (χ1v) is 9.00. The Morgan fingerprint density at radius 1 is 1.07 bits per heavy atom. The Morgan fingerprint density at radius 2 is 1.78 bits per heavy atom. The number of carbonyl (C=O) groups excluding carboxylic acids is 3. The van der Waals surface area contributed by atoms with Crippen molar-refractivity contribution in [2.24, 2.45) is 0 Å². The number of thiocarbonyl (C=S) groups is 1. The lowest BCUT2D eigenvalue weighted by Crippen LogP contribution is -2.34. The third kappa shape index (κ3) is 9.66. The molecule has 0 aliphatic carbocycles. The molecular weight excluding hydrogens is 370 g/mol. The topological polar surface area (TPSA) is 106 Å². The van der Waals surface area contributed by atoms with Gasteiger partial charge < -0.3 is 25.4 Å². The van der Waals surface area contributed by atoms with Gasteiger partial charge in [-0.25, -0.2) is 0 Å². The molecular formula is C18H25N3O5S. The normalized spacial score (nSPS) is 10.0. The van der Waals surface area contributed by atoms with E-state index < -0.39 is 11.9 Å². The van der Waals surface area contributed by atoms with Crippen LogP contribution in [-0.4, -0.2) is 49.8 Å². The summed E-state index contributed by atoms with van der Waals surface area (Å²) < 4.78 is 9.62. The minimum atomic E-state index is -0.474. The summed E-state index contributed by atoms with van der Waals surface area (Å²) in [6.45, 7) is 3.07. The van der Waals surface area contributed by atoms with Gasteiger partial charge in [-0.3, -0.25) is 14.4 Å². The minimum absolute atomic E-state index is 0.0375. The second-order valence-electron chi connectivity index (χ2n) is 5.55. The Kier molecular flexibility index (Phi) is 10.7. The van der Waals surface area contributed by atoms with Crippen LogP contribution >= 0.6 is 12.2 Å². The zero-order chi connectivity index (χ0) is 20.1. The zero-order valence-corrected chi connectivity index (χ0v) is 16.3. The van der Waals surface area contributed by atoms with Gasteiger partial charge in [0.25, 0.3) is 5.91 Å². The maximum atomic E-state index is 11.8. The van der Waals surface area contributed by atoms with Crippen LogP contribution in [0.4, 0.5) is 5.69 Å². The van der Waals surface area contributed by atoms with Crippen LogP contribution in [-0.2, 0) is 19.1 Å². The highest BCUT2D eigenvalue weighted by atomic mass is 32.1. The fraction of sp³-hybridized carbons (Fsp3) is 0.444. The maximum absolute atomic E-state index is 11.8. The van der Waals surface area contributed by atoms with Crippen LogP contribution < -0.4 is 16.0 Å². The summed E-state index contributed by atoms with van der Waals surface area (Å²) in [6.07, 6.45) is 0.786. The van der Waals surface area contributed by atoms with Crippen molar-refractivity contribution < 1.29 is 23.9 Å². The van der Waals surface area contributed by atoms with Crippen LogP contribution in [0, 0.1) is 0 Å². The summed E-state index contributed by atoms with van der Waals surface area (Å²) in [5.74, 6) is -1.01. The molecule has 0 heterocycles. The molecule has 0 spiro atoms. The van der Waals surface area contributed by atoms with Gasteiger partial charge >= 0.3 is 5.97 Å². The summed E-state index contributed by atoms with van der Waals surface area (Å²) in [5, 5.41) is 8.23. The molecule has 148 valence electrons. The largest absolute Gasteiger partial charge is 0.463 e. The molecule has 0 atom stereocenters. The van der Waals surface area contributed by atoms with E-state index in [0.29, 0.717) is 24.4 Å². The lowest BCUT2D eigenvalue weighted by molar-refractivity contribution is -0.146. The molecule has 9 heteroatoms. The Morgan fingerprint density at radius 3 is 2.41 bits per heavy atom. The van der Waals surface area contributed by atoms with Gasteiger partial charge in [-0.05, 0) is 42.9 Å². The predicted molar refractivity (Wildman–Crippen MR) is 105 cm³/mol. The van der Waals surface area contributed by atoms with E-state index in [-0.39, 0.29) is 30.5 Å². The van der Waals surface area contributed by atoms with Gasteiger partial charge in [0.15, 0.2) is 5.11 Å². The summed E-state index contributed by atoms with van der Waals surface area (Å²) in [5.41, 5.74) is 1.17. The number of carbonyl (C=O) groups is 3. The number of rotatable bonds is 10. The first-order chi connectivity index (χ1) is 13.0. The number of nitrogens with one attached hydrogen (secondary N) is 3. The van der Waals surface area contributed by atoms with E-state index in [1.54, 1.807) is 24.3 Å². The molecule has 0 saturated heterocycles. The number of benzene rings is 1.